The summed E-state index contributed by atoms with van der Waals surface area (Å²) in [5, 5.41) is 6.63. The zero-order valence-electron chi connectivity index (χ0n) is 12.3. The first-order valence-electron chi connectivity index (χ1n) is 7.37. The van der Waals surface area contributed by atoms with E-state index in [-0.39, 0.29) is 0 Å². The van der Waals surface area contributed by atoms with Crippen molar-refractivity contribution in [1.29, 1.82) is 0 Å². The van der Waals surface area contributed by atoms with E-state index < -0.39 is 0 Å². The Bertz CT molecular complexity index is 578. The monoisotopic (exact) mass is 303 g/mol. The Kier molecular flexibility index (Phi) is 4.85. The average molecular weight is 303 g/mol. The minimum atomic E-state index is 0.880. The van der Waals surface area contributed by atoms with E-state index in [2.05, 4.69) is 21.7 Å². The molecule has 0 bridgehead atoms. The highest BCUT2D eigenvalue weighted by Gasteiger charge is 2.11. The summed E-state index contributed by atoms with van der Waals surface area (Å²) in [7, 11) is 1.69. The van der Waals surface area contributed by atoms with Crippen LogP contribution in [0.1, 0.15) is 5.69 Å². The smallest absolute Gasteiger partial charge is 0.123 e. The number of piperazine rings is 1. The summed E-state index contributed by atoms with van der Waals surface area (Å²) in [4.78, 5) is 7.26. The number of methoxy groups -OCH3 is 1. The van der Waals surface area contributed by atoms with Gasteiger partial charge in [0.2, 0.25) is 0 Å². The Balaban J connectivity index is 1.62. The molecule has 1 saturated heterocycles. The normalized spacial score (nSPS) is 16.0. The molecular weight excluding hydrogens is 282 g/mol. The molecule has 4 nitrogen and oxygen atoms in total. The molecule has 112 valence electrons. The molecule has 0 atom stereocenters. The Morgan fingerprint density at radius 3 is 3.00 bits per heavy atom. The Hall–Kier alpha value is -1.43. The highest BCUT2D eigenvalue weighted by Crippen LogP contribution is 2.27. The second-order valence-electron chi connectivity index (χ2n) is 5.22. The van der Waals surface area contributed by atoms with Crippen molar-refractivity contribution in [3.05, 3.63) is 35.3 Å². The van der Waals surface area contributed by atoms with Crippen LogP contribution in [0.15, 0.2) is 29.6 Å². The summed E-state index contributed by atoms with van der Waals surface area (Å²) >= 11 is 1.71. The van der Waals surface area contributed by atoms with E-state index in [1.165, 1.54) is 5.69 Å². The summed E-state index contributed by atoms with van der Waals surface area (Å²) in [5.41, 5.74) is 2.32. The number of hydrogen-bond acceptors (Lipinski definition) is 5. The number of hydrogen-bond donors (Lipinski definition) is 1. The Labute approximate surface area is 129 Å². The van der Waals surface area contributed by atoms with E-state index in [0.29, 0.717) is 0 Å². The fourth-order valence-electron chi connectivity index (χ4n) is 2.52. The molecule has 0 radical (unpaired) electrons. The van der Waals surface area contributed by atoms with Crippen molar-refractivity contribution in [3.8, 4) is 16.3 Å². The maximum Gasteiger partial charge on any atom is 0.123 e. The van der Waals surface area contributed by atoms with E-state index in [1.54, 1.807) is 18.4 Å². The number of aromatic nitrogens is 1. The van der Waals surface area contributed by atoms with E-state index >= 15 is 0 Å². The van der Waals surface area contributed by atoms with Crippen molar-refractivity contribution < 1.29 is 4.74 Å². The van der Waals surface area contributed by atoms with Gasteiger partial charge >= 0.3 is 0 Å². The van der Waals surface area contributed by atoms with Crippen LogP contribution in [0.4, 0.5) is 0 Å². The van der Waals surface area contributed by atoms with E-state index in [4.69, 9.17) is 9.72 Å². The fraction of sp³-hybridized carbons (Fsp3) is 0.438. The topological polar surface area (TPSA) is 37.4 Å². The van der Waals surface area contributed by atoms with Crippen LogP contribution in [0.2, 0.25) is 0 Å². The molecular formula is C16H21N3OS. The Morgan fingerprint density at radius 1 is 1.33 bits per heavy atom. The predicted octanol–water partition coefficient (Wildman–Crippen LogP) is 2.27. The third-order valence-electron chi connectivity index (χ3n) is 3.76. The van der Waals surface area contributed by atoms with Gasteiger partial charge in [0.15, 0.2) is 0 Å². The first-order chi connectivity index (χ1) is 10.3. The highest BCUT2D eigenvalue weighted by molar-refractivity contribution is 7.13. The molecule has 1 fully saturated rings. The number of benzene rings is 1. The molecule has 0 amide bonds. The molecule has 1 aliphatic rings. The Morgan fingerprint density at radius 2 is 2.19 bits per heavy atom. The lowest BCUT2D eigenvalue weighted by molar-refractivity contribution is 0.243. The number of ether oxygens (including phenoxy) is 1. The molecule has 2 heterocycles. The summed E-state index contributed by atoms with van der Waals surface area (Å²) in [6.45, 7) is 5.60. The van der Waals surface area contributed by atoms with Gasteiger partial charge in [-0.1, -0.05) is 12.1 Å². The van der Waals surface area contributed by atoms with Crippen molar-refractivity contribution in [2.45, 2.75) is 6.42 Å². The number of thiazole rings is 1. The second-order valence-corrected chi connectivity index (χ2v) is 6.08. The largest absolute Gasteiger partial charge is 0.497 e. The highest BCUT2D eigenvalue weighted by atomic mass is 32.1. The summed E-state index contributed by atoms with van der Waals surface area (Å²) < 4.78 is 5.27. The van der Waals surface area contributed by atoms with E-state index in [9.17, 15) is 0 Å². The van der Waals surface area contributed by atoms with Gasteiger partial charge in [-0.15, -0.1) is 11.3 Å². The van der Waals surface area contributed by atoms with Crippen LogP contribution in [0.5, 0.6) is 5.75 Å². The SMILES string of the molecule is COc1cccc(-c2nc(CCN3CCNCC3)cs2)c1. The van der Waals surface area contributed by atoms with Crippen molar-refractivity contribution in [1.82, 2.24) is 15.2 Å². The van der Waals surface area contributed by atoms with Gasteiger partial charge in [-0.25, -0.2) is 4.98 Å². The van der Waals surface area contributed by atoms with Crippen LogP contribution in [0.3, 0.4) is 0 Å². The molecule has 1 N–H and O–H groups in total. The first-order valence-corrected chi connectivity index (χ1v) is 8.25. The van der Waals surface area contributed by atoms with Crippen LogP contribution in [-0.2, 0) is 6.42 Å². The first kappa shape index (κ1) is 14.5. The zero-order chi connectivity index (χ0) is 14.5. The summed E-state index contributed by atoms with van der Waals surface area (Å²) in [6, 6.07) is 8.10. The van der Waals surface area contributed by atoms with Crippen molar-refractivity contribution >= 4 is 11.3 Å². The molecule has 1 aromatic carbocycles. The van der Waals surface area contributed by atoms with Crippen molar-refractivity contribution in [2.24, 2.45) is 0 Å². The standard InChI is InChI=1S/C16H21N3OS/c1-20-15-4-2-3-13(11-15)16-18-14(12-21-16)5-8-19-9-6-17-7-10-19/h2-4,11-12,17H,5-10H2,1H3. The van der Waals surface area contributed by atoms with Gasteiger partial charge in [0.1, 0.15) is 10.8 Å². The number of nitrogens with zero attached hydrogens (tertiary/aromatic N) is 2. The quantitative estimate of drug-likeness (QED) is 0.919. The minimum Gasteiger partial charge on any atom is -0.497 e. The summed E-state index contributed by atoms with van der Waals surface area (Å²) in [6.07, 6.45) is 1.03. The van der Waals surface area contributed by atoms with Crippen LogP contribution < -0.4 is 10.1 Å². The third kappa shape index (κ3) is 3.81. The molecule has 1 aromatic heterocycles. The average Bonchev–Trinajstić information content (AvgIpc) is 3.03. The van der Waals surface area contributed by atoms with Gasteiger partial charge in [0.25, 0.3) is 0 Å². The molecule has 2 aromatic rings. The van der Waals surface area contributed by atoms with Gasteiger partial charge in [-0.3, -0.25) is 0 Å². The van der Waals surface area contributed by atoms with Crippen LogP contribution in [0, 0.1) is 0 Å². The number of rotatable bonds is 5. The minimum absolute atomic E-state index is 0.880. The lowest BCUT2D eigenvalue weighted by atomic mass is 10.2. The lowest BCUT2D eigenvalue weighted by Gasteiger charge is -2.26. The van der Waals surface area contributed by atoms with E-state index in [1.807, 2.05) is 18.2 Å². The predicted molar refractivity (Wildman–Crippen MR) is 87.1 cm³/mol. The van der Waals surface area contributed by atoms with Crippen molar-refractivity contribution in [2.75, 3.05) is 39.8 Å². The van der Waals surface area contributed by atoms with Gasteiger partial charge in [0.05, 0.1) is 12.8 Å². The van der Waals surface area contributed by atoms with Crippen LogP contribution in [-0.4, -0.2) is 49.7 Å². The zero-order valence-corrected chi connectivity index (χ0v) is 13.2. The molecule has 0 spiro atoms. The third-order valence-corrected chi connectivity index (χ3v) is 4.70. The van der Waals surface area contributed by atoms with E-state index in [0.717, 1.165) is 55.5 Å². The second kappa shape index (κ2) is 7.02. The molecule has 5 heteroatoms. The van der Waals surface area contributed by atoms with Crippen LogP contribution in [0.25, 0.3) is 10.6 Å². The van der Waals surface area contributed by atoms with Gasteiger partial charge in [-0.2, -0.15) is 0 Å². The molecule has 0 saturated carbocycles. The maximum absolute atomic E-state index is 5.27. The van der Waals surface area contributed by atoms with Gasteiger partial charge in [0, 0.05) is 50.1 Å². The maximum atomic E-state index is 5.27. The van der Waals surface area contributed by atoms with Gasteiger partial charge < -0.3 is 15.0 Å². The summed E-state index contributed by atoms with van der Waals surface area (Å²) in [5.74, 6) is 0.880. The fourth-order valence-corrected chi connectivity index (χ4v) is 3.37. The molecule has 0 aliphatic carbocycles. The van der Waals surface area contributed by atoms with Crippen LogP contribution >= 0.6 is 11.3 Å². The van der Waals surface area contributed by atoms with Crippen molar-refractivity contribution in [3.63, 3.8) is 0 Å². The molecule has 0 unspecified atom stereocenters. The molecule has 3 rings (SSSR count). The van der Waals surface area contributed by atoms with Gasteiger partial charge in [-0.05, 0) is 12.1 Å². The molecule has 21 heavy (non-hydrogen) atoms. The molecule has 1 aliphatic heterocycles. The number of nitrogens with one attached hydrogen (secondary N) is 1. The lowest BCUT2D eigenvalue weighted by Crippen LogP contribution is -2.44.